The summed E-state index contributed by atoms with van der Waals surface area (Å²) in [5.74, 6) is 0.850. The lowest BCUT2D eigenvalue weighted by Crippen LogP contribution is -2.28. The molecule has 0 amide bonds. The Labute approximate surface area is 106 Å². The summed E-state index contributed by atoms with van der Waals surface area (Å²) in [7, 11) is 1.68. The number of aromatic nitrogens is 2. The van der Waals surface area contributed by atoms with Crippen molar-refractivity contribution >= 4 is 16.4 Å². The predicted octanol–water partition coefficient (Wildman–Crippen LogP) is 2.60. The molecule has 0 aliphatic rings. The maximum Gasteiger partial charge on any atom is 0.336 e. The fourth-order valence-electron chi connectivity index (χ4n) is 2.46. The van der Waals surface area contributed by atoms with E-state index in [0.29, 0.717) is 0 Å². The van der Waals surface area contributed by atoms with E-state index < -0.39 is 0 Å². The number of rotatable bonds is 1. The van der Waals surface area contributed by atoms with E-state index in [1.807, 2.05) is 25.3 Å². The SMILES string of the molecule is COc1c(C)nc2c3ccccc3cc[n+]2c1C. The van der Waals surface area contributed by atoms with Crippen LogP contribution in [0.2, 0.25) is 0 Å². The van der Waals surface area contributed by atoms with Crippen molar-refractivity contribution in [2.75, 3.05) is 7.11 Å². The number of hydrogen-bond donors (Lipinski definition) is 0. The van der Waals surface area contributed by atoms with Crippen LogP contribution < -0.4 is 9.14 Å². The summed E-state index contributed by atoms with van der Waals surface area (Å²) in [5.41, 5.74) is 2.97. The number of methoxy groups -OCH3 is 1. The van der Waals surface area contributed by atoms with Crippen LogP contribution in [0.4, 0.5) is 0 Å². The molecule has 3 nitrogen and oxygen atoms in total. The molecule has 3 heteroatoms. The van der Waals surface area contributed by atoms with Gasteiger partial charge in [-0.15, -0.1) is 0 Å². The van der Waals surface area contributed by atoms with Crippen LogP contribution in [0.25, 0.3) is 16.4 Å². The third-order valence-electron chi connectivity index (χ3n) is 3.33. The minimum Gasteiger partial charge on any atom is -0.489 e. The summed E-state index contributed by atoms with van der Waals surface area (Å²) < 4.78 is 7.49. The van der Waals surface area contributed by atoms with Gasteiger partial charge in [0.15, 0.2) is 11.4 Å². The van der Waals surface area contributed by atoms with E-state index in [4.69, 9.17) is 4.74 Å². The molecule has 0 bridgehead atoms. The Morgan fingerprint density at radius 3 is 2.67 bits per heavy atom. The van der Waals surface area contributed by atoms with E-state index in [-0.39, 0.29) is 0 Å². The number of benzene rings is 1. The molecule has 3 rings (SSSR count). The minimum absolute atomic E-state index is 0.850. The maximum atomic E-state index is 5.41. The molecular weight excluding hydrogens is 224 g/mol. The Hall–Kier alpha value is -2.16. The first-order chi connectivity index (χ1) is 8.72. The number of fused-ring (bicyclic) bond motifs is 3. The third-order valence-corrected chi connectivity index (χ3v) is 3.33. The molecule has 0 atom stereocenters. The van der Waals surface area contributed by atoms with Crippen molar-refractivity contribution in [3.05, 3.63) is 47.9 Å². The maximum absolute atomic E-state index is 5.41. The van der Waals surface area contributed by atoms with E-state index in [0.717, 1.165) is 28.2 Å². The quantitative estimate of drug-likeness (QED) is 0.482. The number of pyridine rings is 1. The summed E-state index contributed by atoms with van der Waals surface area (Å²) >= 11 is 0. The number of nitrogens with zero attached hydrogens (tertiary/aromatic N) is 2. The number of hydrogen-bond acceptors (Lipinski definition) is 2. The highest BCUT2D eigenvalue weighted by atomic mass is 16.5. The molecule has 0 aliphatic carbocycles. The van der Waals surface area contributed by atoms with Gasteiger partial charge in [-0.1, -0.05) is 18.2 Å². The van der Waals surface area contributed by atoms with Gasteiger partial charge < -0.3 is 4.74 Å². The van der Waals surface area contributed by atoms with Gasteiger partial charge in [-0.05, 0) is 22.5 Å². The minimum atomic E-state index is 0.850. The molecule has 1 aromatic carbocycles. The zero-order valence-electron chi connectivity index (χ0n) is 10.8. The zero-order valence-corrected chi connectivity index (χ0v) is 10.8. The lowest BCUT2D eigenvalue weighted by atomic mass is 10.1. The van der Waals surface area contributed by atoms with Crippen LogP contribution in [0.15, 0.2) is 36.5 Å². The van der Waals surface area contributed by atoms with Gasteiger partial charge in [-0.2, -0.15) is 4.40 Å². The van der Waals surface area contributed by atoms with Crippen molar-refractivity contribution < 1.29 is 9.14 Å². The Morgan fingerprint density at radius 1 is 1.11 bits per heavy atom. The smallest absolute Gasteiger partial charge is 0.336 e. The van der Waals surface area contributed by atoms with Crippen LogP contribution >= 0.6 is 0 Å². The fraction of sp³-hybridized carbons (Fsp3) is 0.200. The van der Waals surface area contributed by atoms with Gasteiger partial charge in [0.2, 0.25) is 5.75 Å². The molecule has 0 saturated heterocycles. The Balaban J connectivity index is 2.53. The summed E-state index contributed by atoms with van der Waals surface area (Å²) in [4.78, 5) is 4.67. The van der Waals surface area contributed by atoms with Crippen molar-refractivity contribution in [3.8, 4) is 5.75 Å². The van der Waals surface area contributed by atoms with E-state index in [2.05, 4.69) is 34.5 Å². The number of aryl methyl sites for hydroxylation is 2. The molecule has 0 spiro atoms. The summed E-state index contributed by atoms with van der Waals surface area (Å²) in [5, 5.41) is 2.36. The number of ether oxygens (including phenoxy) is 1. The monoisotopic (exact) mass is 239 g/mol. The summed E-state index contributed by atoms with van der Waals surface area (Å²) in [6, 6.07) is 10.4. The van der Waals surface area contributed by atoms with Gasteiger partial charge in [0.05, 0.1) is 18.7 Å². The van der Waals surface area contributed by atoms with E-state index >= 15 is 0 Å². The van der Waals surface area contributed by atoms with Gasteiger partial charge in [-0.25, -0.2) is 0 Å². The fourth-order valence-corrected chi connectivity index (χ4v) is 2.46. The van der Waals surface area contributed by atoms with Crippen molar-refractivity contribution in [2.24, 2.45) is 0 Å². The molecule has 0 N–H and O–H groups in total. The molecule has 3 aromatic rings. The second-order valence-electron chi connectivity index (χ2n) is 4.41. The molecule has 0 saturated carbocycles. The molecule has 2 heterocycles. The molecule has 0 unspecified atom stereocenters. The first-order valence-electron chi connectivity index (χ1n) is 5.96. The first kappa shape index (κ1) is 11.0. The highest BCUT2D eigenvalue weighted by molar-refractivity contribution is 5.91. The van der Waals surface area contributed by atoms with Gasteiger partial charge in [0, 0.05) is 13.8 Å². The van der Waals surface area contributed by atoms with Gasteiger partial charge in [0.1, 0.15) is 0 Å². The molecule has 18 heavy (non-hydrogen) atoms. The zero-order chi connectivity index (χ0) is 12.7. The second kappa shape index (κ2) is 3.95. The Bertz CT molecular complexity index is 750. The molecule has 0 radical (unpaired) electrons. The van der Waals surface area contributed by atoms with Crippen molar-refractivity contribution in [3.63, 3.8) is 0 Å². The molecule has 2 aromatic heterocycles. The predicted molar refractivity (Wildman–Crippen MR) is 70.9 cm³/mol. The van der Waals surface area contributed by atoms with E-state index in [1.165, 1.54) is 5.39 Å². The van der Waals surface area contributed by atoms with Gasteiger partial charge in [-0.3, -0.25) is 0 Å². The lowest BCUT2D eigenvalue weighted by Gasteiger charge is -2.06. The second-order valence-corrected chi connectivity index (χ2v) is 4.41. The highest BCUT2D eigenvalue weighted by Gasteiger charge is 2.19. The van der Waals surface area contributed by atoms with Crippen molar-refractivity contribution in [1.29, 1.82) is 0 Å². The van der Waals surface area contributed by atoms with Crippen LogP contribution in [0, 0.1) is 13.8 Å². The van der Waals surface area contributed by atoms with Gasteiger partial charge in [0.25, 0.3) is 0 Å². The average Bonchev–Trinajstić information content (AvgIpc) is 2.39. The Morgan fingerprint density at radius 2 is 1.89 bits per heavy atom. The average molecular weight is 239 g/mol. The normalized spacial score (nSPS) is 11.1. The van der Waals surface area contributed by atoms with Crippen LogP contribution in [0.5, 0.6) is 5.75 Å². The third kappa shape index (κ3) is 1.44. The topological polar surface area (TPSA) is 26.2 Å². The van der Waals surface area contributed by atoms with Gasteiger partial charge >= 0.3 is 5.65 Å². The van der Waals surface area contributed by atoms with E-state index in [9.17, 15) is 0 Å². The van der Waals surface area contributed by atoms with Crippen molar-refractivity contribution in [2.45, 2.75) is 13.8 Å². The molecule has 0 aliphatic heterocycles. The van der Waals surface area contributed by atoms with Crippen LogP contribution in [-0.4, -0.2) is 12.1 Å². The van der Waals surface area contributed by atoms with Crippen LogP contribution in [0.3, 0.4) is 0 Å². The lowest BCUT2D eigenvalue weighted by molar-refractivity contribution is -0.521. The Kier molecular flexibility index (Phi) is 2.40. The van der Waals surface area contributed by atoms with E-state index in [1.54, 1.807) is 7.11 Å². The van der Waals surface area contributed by atoms with Crippen molar-refractivity contribution in [1.82, 2.24) is 4.98 Å². The molecular formula is C15H15N2O+. The summed E-state index contributed by atoms with van der Waals surface area (Å²) in [6.07, 6.45) is 2.04. The van der Waals surface area contributed by atoms with Crippen LogP contribution in [0.1, 0.15) is 11.4 Å². The molecule has 90 valence electrons. The standard InChI is InChI=1S/C15H15N2O/c1-10-14(18-3)11(2)17-9-8-12-6-4-5-7-13(12)15(17)16-10/h4-9H,1-3H3/q+1. The van der Waals surface area contributed by atoms with Crippen LogP contribution in [-0.2, 0) is 0 Å². The highest BCUT2D eigenvalue weighted by Crippen LogP contribution is 2.22. The summed E-state index contributed by atoms with van der Waals surface area (Å²) in [6.45, 7) is 4.03. The largest absolute Gasteiger partial charge is 0.489 e. The molecule has 0 fully saturated rings. The first-order valence-corrected chi connectivity index (χ1v) is 5.96.